The number of nitrogens with one attached hydrogen (secondary N) is 1. The summed E-state index contributed by atoms with van der Waals surface area (Å²) < 4.78 is 7.84. The molecule has 1 heterocycles. The molecule has 0 saturated carbocycles. The van der Waals surface area contributed by atoms with Crippen LogP contribution in [0, 0.1) is 0 Å². The highest BCUT2D eigenvalue weighted by Gasteiger charge is 2.12. The van der Waals surface area contributed by atoms with E-state index in [-0.39, 0.29) is 5.91 Å². The van der Waals surface area contributed by atoms with Gasteiger partial charge in [0.05, 0.1) is 12.2 Å². The van der Waals surface area contributed by atoms with Gasteiger partial charge in [0, 0.05) is 15.8 Å². The Hall–Kier alpha value is -2.67. The van der Waals surface area contributed by atoms with Gasteiger partial charge in [0.25, 0.3) is 5.91 Å². The summed E-state index contributed by atoms with van der Waals surface area (Å²) in [5.74, 6) is 0.562. The average molecular weight is 387 g/mol. The Labute approximate surface area is 147 Å². The van der Waals surface area contributed by atoms with Gasteiger partial charge < -0.3 is 10.1 Å². The van der Waals surface area contributed by atoms with Crippen LogP contribution in [0.5, 0.6) is 5.75 Å². The molecule has 2 aromatic carbocycles. The molecule has 3 rings (SSSR count). The number of carbonyl (C=O) groups is 1. The largest absolute Gasteiger partial charge is 0.494 e. The second kappa shape index (κ2) is 7.27. The first-order valence-corrected chi connectivity index (χ1v) is 8.15. The van der Waals surface area contributed by atoms with Crippen molar-refractivity contribution < 1.29 is 9.53 Å². The van der Waals surface area contributed by atoms with Gasteiger partial charge in [0.2, 0.25) is 0 Å². The van der Waals surface area contributed by atoms with Crippen LogP contribution >= 0.6 is 15.9 Å². The first-order chi connectivity index (χ1) is 11.7. The van der Waals surface area contributed by atoms with Crippen LogP contribution in [0.4, 0.5) is 5.69 Å². The highest BCUT2D eigenvalue weighted by Crippen LogP contribution is 2.22. The fourth-order valence-corrected chi connectivity index (χ4v) is 2.61. The molecule has 0 saturated heterocycles. The van der Waals surface area contributed by atoms with Crippen molar-refractivity contribution in [2.24, 2.45) is 0 Å². The number of aromatic nitrogens is 3. The van der Waals surface area contributed by atoms with Crippen LogP contribution in [-0.4, -0.2) is 27.3 Å². The third kappa shape index (κ3) is 3.62. The van der Waals surface area contributed by atoms with Crippen LogP contribution in [0.15, 0.2) is 59.6 Å². The van der Waals surface area contributed by atoms with Crippen molar-refractivity contribution in [2.75, 3.05) is 11.9 Å². The van der Waals surface area contributed by atoms with Gasteiger partial charge in [0.15, 0.2) is 0 Å². The summed E-state index contributed by atoms with van der Waals surface area (Å²) in [7, 11) is 0. The van der Waals surface area contributed by atoms with Gasteiger partial charge in [-0.15, -0.1) is 10.2 Å². The highest BCUT2D eigenvalue weighted by atomic mass is 79.9. The maximum atomic E-state index is 12.6. The summed E-state index contributed by atoms with van der Waals surface area (Å²) in [5.41, 5.74) is 2.03. The Kier molecular flexibility index (Phi) is 4.90. The maximum absolute atomic E-state index is 12.6. The molecule has 0 aliphatic carbocycles. The molecule has 0 atom stereocenters. The van der Waals surface area contributed by atoms with Crippen LogP contribution in [-0.2, 0) is 0 Å². The van der Waals surface area contributed by atoms with Crippen molar-refractivity contribution in [3.63, 3.8) is 0 Å². The van der Waals surface area contributed by atoms with E-state index in [4.69, 9.17) is 4.74 Å². The third-order valence-corrected chi connectivity index (χ3v) is 4.03. The highest BCUT2D eigenvalue weighted by molar-refractivity contribution is 9.10. The summed E-state index contributed by atoms with van der Waals surface area (Å²) in [6.07, 6.45) is 3.16. The molecule has 0 fully saturated rings. The first-order valence-electron chi connectivity index (χ1n) is 7.36. The van der Waals surface area contributed by atoms with Gasteiger partial charge in [-0.1, -0.05) is 0 Å². The molecule has 6 nitrogen and oxygen atoms in total. The number of halogens is 1. The smallest absolute Gasteiger partial charge is 0.256 e. The molecular formula is C17H15BrN4O2. The van der Waals surface area contributed by atoms with E-state index in [2.05, 4.69) is 31.4 Å². The standard InChI is InChI=1S/C17H15BrN4O2/c1-2-24-14-6-3-12(4-7-14)21-17(23)15-9-13(5-8-16(15)18)22-10-19-20-11-22/h3-11H,2H2,1H3,(H,21,23). The quantitative estimate of drug-likeness (QED) is 0.725. The zero-order valence-electron chi connectivity index (χ0n) is 12.9. The molecular weight excluding hydrogens is 372 g/mol. The van der Waals surface area contributed by atoms with Crippen LogP contribution in [0.2, 0.25) is 0 Å². The van der Waals surface area contributed by atoms with E-state index >= 15 is 0 Å². The molecule has 3 aromatic rings. The molecule has 7 heteroatoms. The molecule has 1 amide bonds. The molecule has 0 bridgehead atoms. The number of hydrogen-bond acceptors (Lipinski definition) is 4. The topological polar surface area (TPSA) is 69.0 Å². The monoisotopic (exact) mass is 386 g/mol. The lowest BCUT2D eigenvalue weighted by atomic mass is 10.1. The van der Waals surface area contributed by atoms with Gasteiger partial charge in [-0.3, -0.25) is 9.36 Å². The number of amides is 1. The second-order valence-electron chi connectivity index (χ2n) is 4.94. The molecule has 1 N–H and O–H groups in total. The van der Waals surface area contributed by atoms with Gasteiger partial charge in [-0.2, -0.15) is 0 Å². The van der Waals surface area contributed by atoms with Crippen molar-refractivity contribution in [2.45, 2.75) is 6.92 Å². The van der Waals surface area contributed by atoms with Crippen molar-refractivity contribution in [3.05, 3.63) is 65.2 Å². The van der Waals surface area contributed by atoms with Gasteiger partial charge in [-0.25, -0.2) is 0 Å². The first kappa shape index (κ1) is 16.2. The van der Waals surface area contributed by atoms with Crippen molar-refractivity contribution >= 4 is 27.5 Å². The van der Waals surface area contributed by atoms with Gasteiger partial charge >= 0.3 is 0 Å². The molecule has 24 heavy (non-hydrogen) atoms. The number of benzene rings is 2. The van der Waals surface area contributed by atoms with E-state index in [1.54, 1.807) is 35.4 Å². The average Bonchev–Trinajstić information content (AvgIpc) is 3.12. The lowest BCUT2D eigenvalue weighted by molar-refractivity contribution is 0.102. The normalized spacial score (nSPS) is 10.4. The summed E-state index contributed by atoms with van der Waals surface area (Å²) in [4.78, 5) is 12.6. The van der Waals surface area contributed by atoms with E-state index in [9.17, 15) is 4.79 Å². The van der Waals surface area contributed by atoms with E-state index in [1.165, 1.54) is 0 Å². The summed E-state index contributed by atoms with van der Waals surface area (Å²) in [5, 5.41) is 10.4. The molecule has 122 valence electrons. The predicted molar refractivity (Wildman–Crippen MR) is 94.6 cm³/mol. The fraction of sp³-hybridized carbons (Fsp3) is 0.118. The molecule has 0 aliphatic rings. The Morgan fingerprint density at radius 3 is 2.54 bits per heavy atom. The number of rotatable bonds is 5. The minimum absolute atomic E-state index is 0.207. The second-order valence-corrected chi connectivity index (χ2v) is 5.80. The Morgan fingerprint density at radius 2 is 1.88 bits per heavy atom. The van der Waals surface area contributed by atoms with E-state index in [0.717, 1.165) is 11.4 Å². The van der Waals surface area contributed by atoms with Crippen LogP contribution in [0.25, 0.3) is 5.69 Å². The van der Waals surface area contributed by atoms with Gasteiger partial charge in [-0.05, 0) is 65.3 Å². The van der Waals surface area contributed by atoms with E-state index < -0.39 is 0 Å². The summed E-state index contributed by atoms with van der Waals surface area (Å²) in [6, 6.07) is 12.7. The Balaban J connectivity index is 1.80. The zero-order chi connectivity index (χ0) is 16.9. The number of carbonyl (C=O) groups excluding carboxylic acids is 1. The third-order valence-electron chi connectivity index (χ3n) is 3.33. The number of anilines is 1. The maximum Gasteiger partial charge on any atom is 0.256 e. The summed E-state index contributed by atoms with van der Waals surface area (Å²) >= 11 is 3.42. The predicted octanol–water partition coefficient (Wildman–Crippen LogP) is 3.68. The molecule has 0 aliphatic heterocycles. The fourth-order valence-electron chi connectivity index (χ4n) is 2.18. The van der Waals surface area contributed by atoms with Crippen LogP contribution in [0.3, 0.4) is 0 Å². The van der Waals surface area contributed by atoms with E-state index in [0.29, 0.717) is 22.3 Å². The van der Waals surface area contributed by atoms with Crippen molar-refractivity contribution in [3.8, 4) is 11.4 Å². The summed E-state index contributed by atoms with van der Waals surface area (Å²) in [6.45, 7) is 2.53. The zero-order valence-corrected chi connectivity index (χ0v) is 14.5. The Morgan fingerprint density at radius 1 is 1.17 bits per heavy atom. The van der Waals surface area contributed by atoms with Crippen LogP contribution in [0.1, 0.15) is 17.3 Å². The van der Waals surface area contributed by atoms with E-state index in [1.807, 2.05) is 31.2 Å². The lowest BCUT2D eigenvalue weighted by Crippen LogP contribution is -2.13. The number of ether oxygens (including phenoxy) is 1. The molecule has 0 spiro atoms. The molecule has 1 aromatic heterocycles. The number of nitrogens with zero attached hydrogens (tertiary/aromatic N) is 3. The molecule has 0 unspecified atom stereocenters. The minimum atomic E-state index is -0.207. The van der Waals surface area contributed by atoms with Crippen molar-refractivity contribution in [1.82, 2.24) is 14.8 Å². The SMILES string of the molecule is CCOc1ccc(NC(=O)c2cc(-n3cnnc3)ccc2Br)cc1. The lowest BCUT2D eigenvalue weighted by Gasteiger charge is -2.10. The Bertz CT molecular complexity index is 832. The van der Waals surface area contributed by atoms with Crippen LogP contribution < -0.4 is 10.1 Å². The van der Waals surface area contributed by atoms with Crippen molar-refractivity contribution in [1.29, 1.82) is 0 Å². The minimum Gasteiger partial charge on any atom is -0.494 e. The van der Waals surface area contributed by atoms with Gasteiger partial charge in [0.1, 0.15) is 18.4 Å². The number of hydrogen-bond donors (Lipinski definition) is 1. The molecule has 0 radical (unpaired) electrons.